The van der Waals surface area contributed by atoms with Gasteiger partial charge in [-0.2, -0.15) is 0 Å². The van der Waals surface area contributed by atoms with E-state index in [4.69, 9.17) is 5.73 Å². The van der Waals surface area contributed by atoms with Gasteiger partial charge in [-0.15, -0.1) is 11.3 Å². The van der Waals surface area contributed by atoms with Crippen molar-refractivity contribution in [2.45, 2.75) is 0 Å². The van der Waals surface area contributed by atoms with Gasteiger partial charge in [0, 0.05) is 11.6 Å². The Kier molecular flexibility index (Phi) is 4.34. The first-order valence-corrected chi connectivity index (χ1v) is 7.20. The number of nitro benzene ring substituents is 1. The van der Waals surface area contributed by atoms with Crippen LogP contribution in [0, 0.1) is 10.1 Å². The normalized spacial score (nSPS) is 10.1. The van der Waals surface area contributed by atoms with Gasteiger partial charge in [-0.1, -0.05) is 0 Å². The van der Waals surface area contributed by atoms with Crippen LogP contribution in [-0.2, 0) is 0 Å². The molecule has 9 heteroatoms. The van der Waals surface area contributed by atoms with Crippen molar-refractivity contribution in [2.24, 2.45) is 5.73 Å². The lowest BCUT2D eigenvalue weighted by Gasteiger charge is -2.05. The van der Waals surface area contributed by atoms with Crippen molar-refractivity contribution in [3.63, 3.8) is 0 Å². The van der Waals surface area contributed by atoms with E-state index >= 15 is 0 Å². The Morgan fingerprint density at radius 1 is 1.33 bits per heavy atom. The molecular weight excluding hydrogens is 362 g/mol. The molecule has 21 heavy (non-hydrogen) atoms. The van der Waals surface area contributed by atoms with Crippen LogP contribution in [0.1, 0.15) is 20.7 Å². The summed E-state index contributed by atoms with van der Waals surface area (Å²) in [6.45, 7) is 0. The number of nitrogens with one attached hydrogen (secondary N) is 1. The van der Waals surface area contributed by atoms with Crippen molar-refractivity contribution in [3.05, 3.63) is 55.4 Å². The van der Waals surface area contributed by atoms with E-state index in [0.717, 1.165) is 17.4 Å². The number of amides is 2. The zero-order valence-corrected chi connectivity index (χ0v) is 12.7. The van der Waals surface area contributed by atoms with E-state index in [-0.39, 0.29) is 21.3 Å². The second kappa shape index (κ2) is 6.02. The SMILES string of the molecule is NC(=O)c1ccsc1NC(=O)c1ccc(Br)c([N+](=O)[O-])c1. The van der Waals surface area contributed by atoms with Crippen molar-refractivity contribution in [1.82, 2.24) is 0 Å². The van der Waals surface area contributed by atoms with Crippen LogP contribution in [0.2, 0.25) is 0 Å². The van der Waals surface area contributed by atoms with Crippen molar-refractivity contribution in [2.75, 3.05) is 5.32 Å². The summed E-state index contributed by atoms with van der Waals surface area (Å²) < 4.78 is 0.276. The Labute approximate surface area is 131 Å². The molecule has 0 radical (unpaired) electrons. The Balaban J connectivity index is 2.29. The van der Waals surface area contributed by atoms with Crippen molar-refractivity contribution >= 4 is 49.8 Å². The first-order chi connectivity index (χ1) is 9.90. The van der Waals surface area contributed by atoms with Crippen molar-refractivity contribution in [1.29, 1.82) is 0 Å². The number of nitro groups is 1. The summed E-state index contributed by atoms with van der Waals surface area (Å²) in [5, 5.41) is 15.3. The summed E-state index contributed by atoms with van der Waals surface area (Å²) in [6.07, 6.45) is 0. The topological polar surface area (TPSA) is 115 Å². The summed E-state index contributed by atoms with van der Waals surface area (Å²) >= 11 is 4.18. The number of benzene rings is 1. The Bertz CT molecular complexity index is 744. The van der Waals surface area contributed by atoms with Crippen LogP contribution < -0.4 is 11.1 Å². The molecular formula is C12H8BrN3O4S. The number of halogens is 1. The number of primary amides is 1. The summed E-state index contributed by atoms with van der Waals surface area (Å²) in [7, 11) is 0. The van der Waals surface area contributed by atoms with Crippen LogP contribution in [0.25, 0.3) is 0 Å². The Morgan fingerprint density at radius 2 is 2.05 bits per heavy atom. The van der Waals surface area contributed by atoms with E-state index in [1.54, 1.807) is 5.38 Å². The van der Waals surface area contributed by atoms with Crippen LogP contribution in [0.15, 0.2) is 34.1 Å². The quantitative estimate of drug-likeness (QED) is 0.636. The molecule has 1 aromatic heterocycles. The molecule has 2 aromatic rings. The number of nitrogens with two attached hydrogens (primary N) is 1. The maximum absolute atomic E-state index is 12.1. The lowest BCUT2D eigenvalue weighted by molar-refractivity contribution is -0.385. The van der Waals surface area contributed by atoms with Gasteiger partial charge in [0.1, 0.15) is 5.00 Å². The molecule has 0 unspecified atom stereocenters. The fourth-order valence-corrected chi connectivity index (χ4v) is 2.75. The summed E-state index contributed by atoms with van der Waals surface area (Å²) in [5.74, 6) is -1.22. The predicted molar refractivity (Wildman–Crippen MR) is 81.6 cm³/mol. The molecule has 3 N–H and O–H groups in total. The zero-order chi connectivity index (χ0) is 15.6. The minimum Gasteiger partial charge on any atom is -0.366 e. The van der Waals surface area contributed by atoms with Gasteiger partial charge in [0.25, 0.3) is 17.5 Å². The van der Waals surface area contributed by atoms with E-state index in [1.807, 2.05) is 0 Å². The number of nitrogens with zero attached hydrogens (tertiary/aromatic N) is 1. The standard InChI is InChI=1S/C12H8BrN3O4S/c13-8-2-1-6(5-9(8)16(19)20)11(18)15-12-7(10(14)17)3-4-21-12/h1-5H,(H2,14,17)(H,15,18). The lowest BCUT2D eigenvalue weighted by atomic mass is 10.2. The van der Waals surface area contributed by atoms with Gasteiger partial charge in [-0.3, -0.25) is 19.7 Å². The maximum Gasteiger partial charge on any atom is 0.284 e. The fourth-order valence-electron chi connectivity index (χ4n) is 1.57. The van der Waals surface area contributed by atoms with Gasteiger partial charge in [-0.25, -0.2) is 0 Å². The molecule has 0 saturated heterocycles. The van der Waals surface area contributed by atoms with Gasteiger partial charge < -0.3 is 11.1 Å². The zero-order valence-electron chi connectivity index (χ0n) is 10.3. The molecule has 0 saturated carbocycles. The fraction of sp³-hybridized carbons (Fsp3) is 0. The van der Waals surface area contributed by atoms with Gasteiger partial charge >= 0.3 is 0 Å². The minimum absolute atomic E-state index is 0.105. The number of hydrogen-bond acceptors (Lipinski definition) is 5. The Morgan fingerprint density at radius 3 is 2.67 bits per heavy atom. The van der Waals surface area contributed by atoms with Crippen molar-refractivity contribution in [3.8, 4) is 0 Å². The third kappa shape index (κ3) is 3.26. The molecule has 1 aromatic carbocycles. The highest BCUT2D eigenvalue weighted by Gasteiger charge is 2.18. The Hall–Kier alpha value is -2.26. The van der Waals surface area contributed by atoms with E-state index in [1.165, 1.54) is 18.2 Å². The maximum atomic E-state index is 12.1. The highest BCUT2D eigenvalue weighted by molar-refractivity contribution is 9.10. The largest absolute Gasteiger partial charge is 0.366 e. The molecule has 0 aliphatic heterocycles. The van der Waals surface area contributed by atoms with Gasteiger partial charge in [0.05, 0.1) is 15.0 Å². The third-order valence-corrected chi connectivity index (χ3v) is 4.06. The summed E-state index contributed by atoms with van der Waals surface area (Å²) in [4.78, 5) is 33.5. The van der Waals surface area contributed by atoms with E-state index in [2.05, 4.69) is 21.2 Å². The molecule has 0 aliphatic rings. The molecule has 0 atom stereocenters. The molecule has 7 nitrogen and oxygen atoms in total. The monoisotopic (exact) mass is 369 g/mol. The summed E-state index contributed by atoms with van der Waals surface area (Å²) in [5.41, 5.74) is 5.26. The molecule has 0 fully saturated rings. The lowest BCUT2D eigenvalue weighted by Crippen LogP contribution is -2.16. The number of carbonyl (C=O) groups excluding carboxylic acids is 2. The second-order valence-electron chi connectivity index (χ2n) is 3.91. The van der Waals surface area contributed by atoms with E-state index in [0.29, 0.717) is 5.00 Å². The van der Waals surface area contributed by atoms with Gasteiger partial charge in [0.15, 0.2) is 0 Å². The molecule has 2 rings (SSSR count). The number of thiophene rings is 1. The molecule has 2 amide bonds. The van der Waals surface area contributed by atoms with Crippen LogP contribution in [-0.4, -0.2) is 16.7 Å². The highest BCUT2D eigenvalue weighted by Crippen LogP contribution is 2.27. The second-order valence-corrected chi connectivity index (χ2v) is 5.68. The number of carbonyl (C=O) groups is 2. The molecule has 1 heterocycles. The smallest absolute Gasteiger partial charge is 0.284 e. The molecule has 0 aliphatic carbocycles. The average molecular weight is 370 g/mol. The first-order valence-electron chi connectivity index (χ1n) is 5.52. The van der Waals surface area contributed by atoms with E-state index < -0.39 is 16.7 Å². The molecule has 0 spiro atoms. The van der Waals surface area contributed by atoms with E-state index in [9.17, 15) is 19.7 Å². The van der Waals surface area contributed by atoms with Crippen LogP contribution in [0.5, 0.6) is 0 Å². The van der Waals surface area contributed by atoms with Crippen LogP contribution >= 0.6 is 27.3 Å². The van der Waals surface area contributed by atoms with Gasteiger partial charge in [-0.05, 0) is 39.5 Å². The number of anilines is 1. The predicted octanol–water partition coefficient (Wildman–Crippen LogP) is 2.77. The number of rotatable bonds is 4. The molecule has 0 bridgehead atoms. The number of hydrogen-bond donors (Lipinski definition) is 2. The average Bonchev–Trinajstić information content (AvgIpc) is 2.87. The minimum atomic E-state index is -0.659. The van der Waals surface area contributed by atoms with Gasteiger partial charge in [0.2, 0.25) is 0 Å². The van der Waals surface area contributed by atoms with Crippen LogP contribution in [0.4, 0.5) is 10.7 Å². The van der Waals surface area contributed by atoms with Crippen molar-refractivity contribution < 1.29 is 14.5 Å². The molecule has 108 valence electrons. The third-order valence-electron chi connectivity index (χ3n) is 2.56. The first kappa shape index (κ1) is 15.1. The summed E-state index contributed by atoms with van der Waals surface area (Å²) in [6, 6.07) is 5.49. The highest BCUT2D eigenvalue weighted by atomic mass is 79.9. The van der Waals surface area contributed by atoms with Crippen LogP contribution in [0.3, 0.4) is 0 Å².